The minimum Gasteiger partial charge on any atom is -0.478 e. The van der Waals surface area contributed by atoms with Crippen molar-refractivity contribution in [3.63, 3.8) is 0 Å². The number of imidazole rings is 1. The minimum atomic E-state index is -0.955. The van der Waals surface area contributed by atoms with Crippen molar-refractivity contribution in [1.29, 1.82) is 0 Å². The number of aromatic carboxylic acids is 1. The Kier molecular flexibility index (Phi) is 7.79. The summed E-state index contributed by atoms with van der Waals surface area (Å²) in [6.07, 6.45) is 4.47. The van der Waals surface area contributed by atoms with Crippen LogP contribution in [0.5, 0.6) is 0 Å². The van der Waals surface area contributed by atoms with Gasteiger partial charge in [-0.3, -0.25) is 4.79 Å². The van der Waals surface area contributed by atoms with E-state index in [1.54, 1.807) is 12.1 Å². The van der Waals surface area contributed by atoms with E-state index in [4.69, 9.17) is 4.98 Å². The van der Waals surface area contributed by atoms with E-state index in [0.29, 0.717) is 24.3 Å². The molecule has 2 heterocycles. The summed E-state index contributed by atoms with van der Waals surface area (Å²) in [6.45, 7) is 5.32. The van der Waals surface area contributed by atoms with Gasteiger partial charge in [0.1, 0.15) is 5.82 Å². The van der Waals surface area contributed by atoms with Crippen LogP contribution >= 0.6 is 0 Å². The fourth-order valence-corrected chi connectivity index (χ4v) is 5.81. The molecule has 0 atom stereocenters. The Labute approximate surface area is 250 Å². The average molecular weight is 571 g/mol. The van der Waals surface area contributed by atoms with E-state index in [0.717, 1.165) is 58.2 Å². The molecule has 0 bridgehead atoms. The van der Waals surface area contributed by atoms with Crippen LogP contribution in [0.1, 0.15) is 56.6 Å². The highest BCUT2D eigenvalue weighted by atomic mass is 16.4. The Bertz CT molecular complexity index is 1950. The maximum atomic E-state index is 13.1. The first-order valence-electron chi connectivity index (χ1n) is 14.7. The first-order chi connectivity index (χ1) is 20.9. The lowest BCUT2D eigenvalue weighted by Gasteiger charge is -2.12. The molecule has 0 fully saturated rings. The monoisotopic (exact) mass is 570 g/mol. The number of hydrogen-bond donors (Lipinski definition) is 2. The van der Waals surface area contributed by atoms with Crippen LogP contribution in [0.15, 0.2) is 97.2 Å². The van der Waals surface area contributed by atoms with E-state index in [1.165, 1.54) is 5.56 Å². The maximum Gasteiger partial charge on any atom is 0.337 e. The number of carboxylic acid groups (broad SMARTS) is 1. The van der Waals surface area contributed by atoms with Gasteiger partial charge in [0, 0.05) is 36.7 Å². The summed E-state index contributed by atoms with van der Waals surface area (Å²) < 4.78 is 4.12. The lowest BCUT2D eigenvalue weighted by atomic mass is 10.1. The molecular formula is C36H34N4O3. The summed E-state index contributed by atoms with van der Waals surface area (Å²) in [6, 6.07) is 29.5. The number of carbonyl (C=O) groups excluding carboxylic acids is 1. The molecule has 0 aliphatic carbocycles. The average Bonchev–Trinajstić information content (AvgIpc) is 3.61. The van der Waals surface area contributed by atoms with Crippen molar-refractivity contribution >= 4 is 33.8 Å². The topological polar surface area (TPSA) is 89.2 Å². The summed E-state index contributed by atoms with van der Waals surface area (Å²) in [5, 5.41) is 13.8. The van der Waals surface area contributed by atoms with Gasteiger partial charge in [-0.15, -0.1) is 0 Å². The molecule has 0 aliphatic heterocycles. The van der Waals surface area contributed by atoms with Crippen LogP contribution in [0.3, 0.4) is 0 Å². The first kappa shape index (κ1) is 28.0. The van der Waals surface area contributed by atoms with E-state index >= 15 is 0 Å². The third kappa shape index (κ3) is 5.66. The van der Waals surface area contributed by atoms with E-state index in [9.17, 15) is 14.7 Å². The molecule has 0 unspecified atom stereocenters. The zero-order valence-electron chi connectivity index (χ0n) is 24.4. The largest absolute Gasteiger partial charge is 0.478 e. The Morgan fingerprint density at radius 3 is 2.47 bits per heavy atom. The molecule has 6 aromatic rings. The Balaban J connectivity index is 1.26. The molecule has 7 heteroatoms. The summed E-state index contributed by atoms with van der Waals surface area (Å²) >= 11 is 0. The zero-order valence-corrected chi connectivity index (χ0v) is 24.4. The van der Waals surface area contributed by atoms with Crippen molar-refractivity contribution in [2.75, 3.05) is 6.54 Å². The second kappa shape index (κ2) is 12.0. The molecule has 43 heavy (non-hydrogen) atoms. The number of carboxylic acids is 1. The number of rotatable bonds is 10. The SMILES string of the molecule is CCc1nc2c(C)cc(C(=O)NCCCc3ccccc3)cc2n1Cc1ccc2c(ccn2-c2ccccc2C(=O)O)c1. The van der Waals surface area contributed by atoms with Crippen LogP contribution in [0.4, 0.5) is 0 Å². The number of hydrogen-bond acceptors (Lipinski definition) is 3. The molecule has 7 nitrogen and oxygen atoms in total. The van der Waals surface area contributed by atoms with Gasteiger partial charge >= 0.3 is 5.97 Å². The lowest BCUT2D eigenvalue weighted by molar-refractivity contribution is 0.0696. The predicted octanol–water partition coefficient (Wildman–Crippen LogP) is 6.96. The summed E-state index contributed by atoms with van der Waals surface area (Å²) in [5.41, 5.74) is 7.66. The molecule has 0 saturated heterocycles. The van der Waals surface area contributed by atoms with Crippen LogP contribution in [0, 0.1) is 6.92 Å². The first-order valence-corrected chi connectivity index (χ1v) is 14.7. The number of aryl methyl sites for hydroxylation is 3. The minimum absolute atomic E-state index is 0.0757. The summed E-state index contributed by atoms with van der Waals surface area (Å²) in [5.74, 6) is -0.0662. The second-order valence-electron chi connectivity index (χ2n) is 10.9. The molecule has 0 radical (unpaired) electrons. The lowest BCUT2D eigenvalue weighted by Crippen LogP contribution is -2.25. The van der Waals surface area contributed by atoms with Gasteiger partial charge in [0.05, 0.1) is 27.8 Å². The summed E-state index contributed by atoms with van der Waals surface area (Å²) in [7, 11) is 0. The number of fused-ring (bicyclic) bond motifs is 2. The molecule has 216 valence electrons. The van der Waals surface area contributed by atoms with Gasteiger partial charge in [0.15, 0.2) is 0 Å². The van der Waals surface area contributed by atoms with E-state index in [2.05, 4.69) is 41.1 Å². The normalized spacial score (nSPS) is 11.3. The van der Waals surface area contributed by atoms with Crippen LogP contribution in [0.25, 0.3) is 27.6 Å². The standard InChI is InChI=1S/C36H34N4O3/c1-3-33-38-34-24(2)20-28(35(41)37-18-9-12-25-10-5-4-6-11-25)22-32(34)40(33)23-26-15-16-30-27(21-26)17-19-39(30)31-14-8-7-13-29(31)36(42)43/h4-8,10-11,13-17,19-22H,3,9,12,18,23H2,1-2H3,(H,37,41)(H,42,43). The van der Waals surface area contributed by atoms with E-state index in [-0.39, 0.29) is 11.5 Å². The Morgan fingerprint density at radius 1 is 0.884 bits per heavy atom. The van der Waals surface area contributed by atoms with Gasteiger partial charge in [-0.1, -0.05) is 55.5 Å². The van der Waals surface area contributed by atoms with E-state index < -0.39 is 5.97 Å². The second-order valence-corrected chi connectivity index (χ2v) is 10.9. The van der Waals surface area contributed by atoms with Crippen molar-refractivity contribution in [2.24, 2.45) is 0 Å². The fraction of sp³-hybridized carbons (Fsp3) is 0.194. The quantitative estimate of drug-likeness (QED) is 0.174. The smallest absolute Gasteiger partial charge is 0.337 e. The molecule has 0 spiro atoms. The van der Waals surface area contributed by atoms with Gasteiger partial charge in [-0.25, -0.2) is 9.78 Å². The van der Waals surface area contributed by atoms with Crippen LogP contribution in [0.2, 0.25) is 0 Å². The highest BCUT2D eigenvalue weighted by Gasteiger charge is 2.17. The number of nitrogens with one attached hydrogen (secondary N) is 1. The number of benzene rings is 4. The number of aromatic nitrogens is 3. The molecule has 1 amide bonds. The van der Waals surface area contributed by atoms with Gasteiger partial charge in [0.2, 0.25) is 0 Å². The highest BCUT2D eigenvalue weighted by molar-refractivity contribution is 5.98. The van der Waals surface area contributed by atoms with Gasteiger partial charge in [-0.05, 0) is 78.9 Å². The molecular weight excluding hydrogens is 536 g/mol. The van der Waals surface area contributed by atoms with Crippen LogP contribution < -0.4 is 5.32 Å². The van der Waals surface area contributed by atoms with Crippen molar-refractivity contribution < 1.29 is 14.7 Å². The third-order valence-corrected chi connectivity index (χ3v) is 7.96. The Morgan fingerprint density at radius 2 is 1.67 bits per heavy atom. The van der Waals surface area contributed by atoms with Gasteiger partial charge in [-0.2, -0.15) is 0 Å². The number of nitrogens with zero attached hydrogens (tertiary/aromatic N) is 3. The summed E-state index contributed by atoms with van der Waals surface area (Å²) in [4.78, 5) is 29.9. The fourth-order valence-electron chi connectivity index (χ4n) is 5.81. The number of carbonyl (C=O) groups is 2. The van der Waals surface area contributed by atoms with Gasteiger partial charge in [0.25, 0.3) is 5.91 Å². The van der Waals surface area contributed by atoms with Crippen molar-refractivity contribution in [1.82, 2.24) is 19.4 Å². The molecule has 6 rings (SSSR count). The predicted molar refractivity (Wildman–Crippen MR) is 170 cm³/mol. The Hall–Kier alpha value is -5.17. The number of para-hydroxylation sites is 1. The highest BCUT2D eigenvalue weighted by Crippen LogP contribution is 2.27. The molecule has 4 aromatic carbocycles. The molecule has 0 aliphatic rings. The van der Waals surface area contributed by atoms with Crippen molar-refractivity contribution in [2.45, 2.75) is 39.7 Å². The van der Waals surface area contributed by atoms with Crippen molar-refractivity contribution in [3.8, 4) is 5.69 Å². The molecule has 2 aromatic heterocycles. The molecule has 2 N–H and O–H groups in total. The van der Waals surface area contributed by atoms with E-state index in [1.807, 2.05) is 72.3 Å². The maximum absolute atomic E-state index is 13.1. The number of amides is 1. The van der Waals surface area contributed by atoms with Crippen LogP contribution in [-0.4, -0.2) is 37.6 Å². The third-order valence-electron chi connectivity index (χ3n) is 7.96. The molecule has 0 saturated carbocycles. The van der Waals surface area contributed by atoms with Crippen molar-refractivity contribution in [3.05, 3.63) is 131 Å². The zero-order chi connectivity index (χ0) is 29.9. The van der Waals surface area contributed by atoms with Crippen LogP contribution in [-0.2, 0) is 19.4 Å². The van der Waals surface area contributed by atoms with Gasteiger partial charge < -0.3 is 19.6 Å².